The molecule has 7 nitrogen and oxygen atoms in total. The van der Waals surface area contributed by atoms with Crippen LogP contribution in [0.5, 0.6) is 5.88 Å². The van der Waals surface area contributed by atoms with Gasteiger partial charge in [-0.3, -0.25) is 0 Å². The summed E-state index contributed by atoms with van der Waals surface area (Å²) < 4.78 is 5.42. The minimum absolute atomic E-state index is 0.236. The number of carboxylic acid groups (broad SMARTS) is 1. The lowest BCUT2D eigenvalue weighted by molar-refractivity contribution is -0.152. The van der Waals surface area contributed by atoms with E-state index in [1.165, 1.54) is 13.8 Å². The van der Waals surface area contributed by atoms with E-state index in [0.717, 1.165) is 27.8 Å². The van der Waals surface area contributed by atoms with Gasteiger partial charge in [-0.25, -0.2) is 14.6 Å². The second-order valence-corrected chi connectivity index (χ2v) is 8.18. The van der Waals surface area contributed by atoms with Crippen LogP contribution in [-0.4, -0.2) is 27.7 Å². The van der Waals surface area contributed by atoms with Crippen molar-refractivity contribution in [2.45, 2.75) is 39.8 Å². The average molecular weight is 434 g/mol. The van der Waals surface area contributed by atoms with Crippen molar-refractivity contribution in [2.75, 3.05) is 5.32 Å². The van der Waals surface area contributed by atoms with Crippen molar-refractivity contribution in [3.05, 3.63) is 77.5 Å². The van der Waals surface area contributed by atoms with E-state index >= 15 is 0 Å². The molecule has 166 valence electrons. The van der Waals surface area contributed by atoms with Gasteiger partial charge in [-0.1, -0.05) is 41.5 Å². The number of carboxylic acids is 1. The smallest absolute Gasteiger partial charge is 0.347 e. The number of pyridine rings is 1. The molecule has 1 heterocycles. The van der Waals surface area contributed by atoms with Crippen LogP contribution in [0.25, 0.3) is 11.1 Å². The van der Waals surface area contributed by atoms with Gasteiger partial charge in [0.15, 0.2) is 0 Å². The second kappa shape index (κ2) is 9.51. The van der Waals surface area contributed by atoms with E-state index in [4.69, 9.17) is 9.84 Å². The van der Waals surface area contributed by atoms with Gasteiger partial charge in [0.25, 0.3) is 0 Å². The number of aryl methyl sites for hydroxylation is 2. The highest BCUT2D eigenvalue weighted by Gasteiger charge is 2.29. The van der Waals surface area contributed by atoms with Gasteiger partial charge >= 0.3 is 12.0 Å². The minimum Gasteiger partial charge on any atom is -0.478 e. The third-order valence-corrected chi connectivity index (χ3v) is 4.82. The Labute approximate surface area is 187 Å². The Morgan fingerprint density at radius 2 is 1.59 bits per heavy atom. The van der Waals surface area contributed by atoms with Gasteiger partial charge in [0, 0.05) is 30.1 Å². The van der Waals surface area contributed by atoms with Gasteiger partial charge in [0.05, 0.1) is 0 Å². The molecule has 0 radical (unpaired) electrons. The fourth-order valence-corrected chi connectivity index (χ4v) is 3.19. The number of amides is 2. The summed E-state index contributed by atoms with van der Waals surface area (Å²) in [5.74, 6) is -0.829. The minimum atomic E-state index is -1.36. The summed E-state index contributed by atoms with van der Waals surface area (Å²) in [6.45, 7) is 7.45. The van der Waals surface area contributed by atoms with Gasteiger partial charge in [-0.05, 0) is 57.0 Å². The summed E-state index contributed by atoms with van der Waals surface area (Å²) in [7, 11) is 0. The van der Waals surface area contributed by atoms with Crippen LogP contribution < -0.4 is 15.4 Å². The van der Waals surface area contributed by atoms with E-state index in [0.29, 0.717) is 12.2 Å². The first-order valence-electron chi connectivity index (χ1n) is 10.2. The first kappa shape index (κ1) is 22.8. The Kier molecular flexibility index (Phi) is 6.78. The van der Waals surface area contributed by atoms with Crippen molar-refractivity contribution in [2.24, 2.45) is 0 Å². The van der Waals surface area contributed by atoms with Crippen LogP contribution in [0, 0.1) is 13.8 Å². The fraction of sp³-hybridized carbons (Fsp3) is 0.240. The van der Waals surface area contributed by atoms with E-state index in [1.54, 1.807) is 18.3 Å². The maximum absolute atomic E-state index is 12.2. The normalized spacial score (nSPS) is 11.0. The summed E-state index contributed by atoms with van der Waals surface area (Å²) >= 11 is 0. The lowest BCUT2D eigenvalue weighted by Gasteiger charge is -2.20. The maximum Gasteiger partial charge on any atom is 0.347 e. The third kappa shape index (κ3) is 6.07. The number of aromatic nitrogens is 1. The van der Waals surface area contributed by atoms with Gasteiger partial charge in [-0.2, -0.15) is 0 Å². The molecule has 0 atom stereocenters. The number of benzene rings is 2. The van der Waals surface area contributed by atoms with Crippen LogP contribution in [0.15, 0.2) is 60.8 Å². The zero-order chi connectivity index (χ0) is 23.3. The van der Waals surface area contributed by atoms with Crippen LogP contribution in [0.3, 0.4) is 0 Å². The van der Waals surface area contributed by atoms with Crippen molar-refractivity contribution < 1.29 is 19.4 Å². The molecule has 0 bridgehead atoms. The predicted octanol–water partition coefficient (Wildman–Crippen LogP) is 4.93. The molecule has 0 spiro atoms. The van der Waals surface area contributed by atoms with Crippen LogP contribution in [0.1, 0.15) is 30.5 Å². The lowest BCUT2D eigenvalue weighted by atomic mass is 10.1. The highest BCUT2D eigenvalue weighted by molar-refractivity contribution is 5.89. The second-order valence-electron chi connectivity index (χ2n) is 8.18. The highest BCUT2D eigenvalue weighted by Crippen LogP contribution is 2.24. The molecule has 0 saturated carbocycles. The molecule has 0 fully saturated rings. The van der Waals surface area contributed by atoms with Crippen molar-refractivity contribution >= 4 is 17.7 Å². The Hall–Kier alpha value is -3.87. The zero-order valence-corrected chi connectivity index (χ0v) is 18.6. The quantitative estimate of drug-likeness (QED) is 0.491. The number of carbonyl (C=O) groups excluding carboxylic acids is 1. The molecule has 7 heteroatoms. The van der Waals surface area contributed by atoms with E-state index in [-0.39, 0.29) is 11.9 Å². The van der Waals surface area contributed by atoms with Crippen LogP contribution in [0.2, 0.25) is 0 Å². The van der Waals surface area contributed by atoms with E-state index in [1.807, 2.05) is 38.1 Å². The Morgan fingerprint density at radius 3 is 2.16 bits per heavy atom. The van der Waals surface area contributed by atoms with Crippen LogP contribution in [-0.2, 0) is 11.3 Å². The Balaban J connectivity index is 1.57. The molecule has 2 amide bonds. The number of ether oxygens (including phenoxy) is 1. The summed E-state index contributed by atoms with van der Waals surface area (Å²) in [6, 6.07) is 16.7. The Bertz CT molecular complexity index is 1090. The molecule has 3 rings (SSSR count). The summed E-state index contributed by atoms with van der Waals surface area (Å²) in [4.78, 5) is 27.6. The number of nitrogens with zero attached hydrogens (tertiary/aromatic N) is 1. The van der Waals surface area contributed by atoms with Crippen LogP contribution in [0.4, 0.5) is 10.5 Å². The number of rotatable bonds is 7. The van der Waals surface area contributed by atoms with E-state index in [9.17, 15) is 9.59 Å². The molecule has 2 aromatic carbocycles. The largest absolute Gasteiger partial charge is 0.478 e. The summed E-state index contributed by atoms with van der Waals surface area (Å²) in [6.07, 6.45) is 1.62. The number of aliphatic carboxylic acids is 1. The molecular weight excluding hydrogens is 406 g/mol. The first-order chi connectivity index (χ1) is 15.1. The average Bonchev–Trinajstić information content (AvgIpc) is 2.72. The van der Waals surface area contributed by atoms with Crippen molar-refractivity contribution in [3.63, 3.8) is 0 Å². The maximum atomic E-state index is 12.2. The number of anilines is 1. The summed E-state index contributed by atoms with van der Waals surface area (Å²) in [5, 5.41) is 14.8. The zero-order valence-electron chi connectivity index (χ0n) is 18.6. The highest BCUT2D eigenvalue weighted by atomic mass is 16.5. The van der Waals surface area contributed by atoms with E-state index in [2.05, 4.69) is 33.8 Å². The number of hydrogen-bond acceptors (Lipinski definition) is 4. The van der Waals surface area contributed by atoms with Crippen molar-refractivity contribution in [3.8, 4) is 17.0 Å². The standard InChI is InChI=1S/C25H27N3O4/c1-16-11-17(2)13-18(12-16)14-27-24(31)28-21-8-5-19(6-9-21)20-7-10-22(26-15-20)32-25(3,4)23(29)30/h5-13,15H,14H2,1-4H3,(H,29,30)(H2,27,28,31). The Morgan fingerprint density at radius 1 is 0.969 bits per heavy atom. The number of urea groups is 1. The molecule has 0 aliphatic carbocycles. The SMILES string of the molecule is Cc1cc(C)cc(CNC(=O)Nc2ccc(-c3ccc(OC(C)(C)C(=O)O)nc3)cc2)c1. The topological polar surface area (TPSA) is 101 Å². The molecule has 3 aromatic rings. The number of nitrogens with one attached hydrogen (secondary N) is 2. The van der Waals surface area contributed by atoms with Gasteiger partial charge in [0.1, 0.15) is 0 Å². The lowest BCUT2D eigenvalue weighted by Crippen LogP contribution is -2.38. The monoisotopic (exact) mass is 433 g/mol. The molecule has 32 heavy (non-hydrogen) atoms. The molecule has 0 aliphatic heterocycles. The van der Waals surface area contributed by atoms with E-state index < -0.39 is 11.6 Å². The van der Waals surface area contributed by atoms with Crippen LogP contribution >= 0.6 is 0 Å². The predicted molar refractivity (Wildman–Crippen MR) is 124 cm³/mol. The summed E-state index contributed by atoms with van der Waals surface area (Å²) in [5.41, 5.74) is 4.44. The number of hydrogen-bond donors (Lipinski definition) is 3. The fourth-order valence-electron chi connectivity index (χ4n) is 3.19. The van der Waals surface area contributed by atoms with Crippen molar-refractivity contribution in [1.29, 1.82) is 0 Å². The molecule has 0 aliphatic rings. The van der Waals surface area contributed by atoms with Gasteiger partial charge < -0.3 is 20.5 Å². The molecule has 3 N–H and O–H groups in total. The van der Waals surface area contributed by atoms with Gasteiger partial charge in [0.2, 0.25) is 11.5 Å². The third-order valence-electron chi connectivity index (χ3n) is 4.82. The molecule has 0 unspecified atom stereocenters. The number of carbonyl (C=O) groups is 2. The molecule has 1 aromatic heterocycles. The molecule has 0 saturated heterocycles. The van der Waals surface area contributed by atoms with Gasteiger partial charge in [-0.15, -0.1) is 0 Å². The van der Waals surface area contributed by atoms with Crippen molar-refractivity contribution in [1.82, 2.24) is 10.3 Å². The molecular formula is C25H27N3O4. The first-order valence-corrected chi connectivity index (χ1v) is 10.2.